The zero-order valence-corrected chi connectivity index (χ0v) is 17.7. The van der Waals surface area contributed by atoms with Crippen molar-refractivity contribution >= 4 is 17.0 Å². The lowest BCUT2D eigenvalue weighted by Gasteiger charge is -2.31. The zero-order chi connectivity index (χ0) is 21.4. The largest absolute Gasteiger partial charge is 0.445 e. The number of nitrogens with zero attached hydrogens (tertiary/aromatic N) is 4. The molecule has 4 aromatic rings. The maximum absolute atomic E-state index is 13.4. The van der Waals surface area contributed by atoms with Crippen molar-refractivity contribution in [3.63, 3.8) is 0 Å². The van der Waals surface area contributed by atoms with Crippen molar-refractivity contribution in [2.45, 2.75) is 39.0 Å². The number of piperidine rings is 1. The predicted molar refractivity (Wildman–Crippen MR) is 115 cm³/mol. The summed E-state index contributed by atoms with van der Waals surface area (Å²) >= 11 is 0. The monoisotopic (exact) mass is 416 g/mol. The van der Waals surface area contributed by atoms with Gasteiger partial charge in [0.2, 0.25) is 0 Å². The number of fused-ring (bicyclic) bond motifs is 1. The number of hydrogen-bond acceptors (Lipinski definition) is 6. The molecule has 1 saturated heterocycles. The van der Waals surface area contributed by atoms with Crippen molar-refractivity contribution in [1.29, 1.82) is 0 Å². The lowest BCUT2D eigenvalue weighted by Crippen LogP contribution is -2.39. The van der Waals surface area contributed by atoms with Gasteiger partial charge in [0.1, 0.15) is 5.76 Å². The van der Waals surface area contributed by atoms with Gasteiger partial charge in [-0.15, -0.1) is 0 Å². The van der Waals surface area contributed by atoms with E-state index in [-0.39, 0.29) is 11.8 Å². The molecule has 0 aliphatic carbocycles. The average Bonchev–Trinajstić information content (AvgIpc) is 3.40. The third kappa shape index (κ3) is 3.83. The molecule has 5 rings (SSSR count). The van der Waals surface area contributed by atoms with Gasteiger partial charge in [-0.2, -0.15) is 0 Å². The fourth-order valence-corrected chi connectivity index (χ4v) is 4.31. The predicted octanol–water partition coefficient (Wildman–Crippen LogP) is 4.44. The molecular weight excluding hydrogens is 392 g/mol. The number of amides is 1. The van der Waals surface area contributed by atoms with Crippen LogP contribution in [-0.4, -0.2) is 39.0 Å². The molecule has 1 amide bonds. The highest BCUT2D eigenvalue weighted by atomic mass is 16.5. The molecule has 158 valence electrons. The molecule has 1 aliphatic rings. The van der Waals surface area contributed by atoms with E-state index in [4.69, 9.17) is 8.94 Å². The molecule has 0 spiro atoms. The first kappa shape index (κ1) is 19.5. The number of hydrogen-bond donors (Lipinski definition) is 0. The second-order valence-corrected chi connectivity index (χ2v) is 8.18. The molecular formula is C24H24N4O3. The normalized spacial score (nSPS) is 16.7. The average molecular weight is 416 g/mol. The van der Waals surface area contributed by atoms with Gasteiger partial charge in [-0.1, -0.05) is 35.5 Å². The first-order valence-electron chi connectivity index (χ1n) is 10.6. The molecule has 0 radical (unpaired) electrons. The van der Waals surface area contributed by atoms with E-state index in [1.807, 2.05) is 43.0 Å². The van der Waals surface area contributed by atoms with Crippen LogP contribution in [0.4, 0.5) is 0 Å². The smallest absolute Gasteiger partial charge is 0.258 e. The minimum atomic E-state index is -0.0254. The van der Waals surface area contributed by atoms with Crippen LogP contribution in [0.2, 0.25) is 0 Å². The topological polar surface area (TPSA) is 85.3 Å². The lowest BCUT2D eigenvalue weighted by molar-refractivity contribution is 0.0699. The Hall–Kier alpha value is -3.48. The molecule has 7 heteroatoms. The molecule has 1 aliphatic heterocycles. The number of carbonyl (C=O) groups excluding carboxylic acids is 1. The first-order chi connectivity index (χ1) is 15.1. The molecule has 3 aromatic heterocycles. The fourth-order valence-electron chi connectivity index (χ4n) is 4.31. The van der Waals surface area contributed by atoms with E-state index in [0.717, 1.165) is 24.3 Å². The summed E-state index contributed by atoms with van der Waals surface area (Å²) < 4.78 is 11.4. The van der Waals surface area contributed by atoms with Gasteiger partial charge < -0.3 is 13.8 Å². The fraction of sp³-hybridized carbons (Fsp3) is 0.333. The van der Waals surface area contributed by atoms with Crippen LogP contribution in [0.25, 0.3) is 11.1 Å². The summed E-state index contributed by atoms with van der Waals surface area (Å²) in [6, 6.07) is 12.0. The third-order valence-electron chi connectivity index (χ3n) is 5.83. The van der Waals surface area contributed by atoms with Gasteiger partial charge in [0.15, 0.2) is 5.89 Å². The Bertz CT molecular complexity index is 1230. The van der Waals surface area contributed by atoms with Crippen LogP contribution in [0.5, 0.6) is 0 Å². The molecule has 1 fully saturated rings. The number of carbonyl (C=O) groups is 1. The van der Waals surface area contributed by atoms with E-state index in [9.17, 15) is 4.79 Å². The van der Waals surface area contributed by atoms with Crippen LogP contribution < -0.4 is 0 Å². The van der Waals surface area contributed by atoms with Crippen molar-refractivity contribution in [3.05, 3.63) is 76.8 Å². The molecule has 0 bridgehead atoms. The van der Waals surface area contributed by atoms with E-state index in [2.05, 4.69) is 27.3 Å². The number of pyridine rings is 1. The van der Waals surface area contributed by atoms with Crippen molar-refractivity contribution < 1.29 is 13.7 Å². The van der Waals surface area contributed by atoms with Gasteiger partial charge in [0.05, 0.1) is 28.8 Å². The van der Waals surface area contributed by atoms with E-state index in [1.165, 1.54) is 5.56 Å². The summed E-state index contributed by atoms with van der Waals surface area (Å²) in [5.41, 5.74) is 3.61. The van der Waals surface area contributed by atoms with Gasteiger partial charge in [-0.25, -0.2) is 9.97 Å². The Morgan fingerprint density at radius 3 is 2.90 bits per heavy atom. The lowest BCUT2D eigenvalue weighted by atomic mass is 9.97. The highest BCUT2D eigenvalue weighted by Crippen LogP contribution is 2.30. The summed E-state index contributed by atoms with van der Waals surface area (Å²) in [4.78, 5) is 24.2. The van der Waals surface area contributed by atoms with Gasteiger partial charge in [-0.3, -0.25) is 4.79 Å². The Morgan fingerprint density at radius 1 is 1.23 bits per heavy atom. The van der Waals surface area contributed by atoms with Gasteiger partial charge >= 0.3 is 0 Å². The minimum absolute atomic E-state index is 0.0254. The molecule has 0 N–H and O–H groups in total. The Labute approximate surface area is 180 Å². The summed E-state index contributed by atoms with van der Waals surface area (Å²) in [6.45, 7) is 4.98. The highest BCUT2D eigenvalue weighted by Gasteiger charge is 2.30. The van der Waals surface area contributed by atoms with E-state index in [0.29, 0.717) is 47.8 Å². The van der Waals surface area contributed by atoms with Crippen LogP contribution in [0.15, 0.2) is 51.5 Å². The zero-order valence-electron chi connectivity index (χ0n) is 17.7. The molecule has 1 atom stereocenters. The van der Waals surface area contributed by atoms with Crippen LogP contribution in [0.1, 0.15) is 57.7 Å². The maximum atomic E-state index is 13.4. The maximum Gasteiger partial charge on any atom is 0.258 e. The second-order valence-electron chi connectivity index (χ2n) is 8.18. The summed E-state index contributed by atoms with van der Waals surface area (Å²) in [5, 5.41) is 4.68. The van der Waals surface area contributed by atoms with Crippen molar-refractivity contribution in [3.8, 4) is 0 Å². The summed E-state index contributed by atoms with van der Waals surface area (Å²) in [6.07, 6.45) is 4.37. The number of likely N-dealkylation sites (tertiary alicyclic amines) is 1. The third-order valence-corrected chi connectivity index (χ3v) is 5.83. The van der Waals surface area contributed by atoms with Gasteiger partial charge in [0.25, 0.3) is 11.6 Å². The number of aryl methyl sites for hydroxylation is 2. The van der Waals surface area contributed by atoms with E-state index in [1.54, 1.807) is 6.20 Å². The van der Waals surface area contributed by atoms with Gasteiger partial charge in [-0.05, 0) is 38.3 Å². The number of rotatable bonds is 4. The molecule has 31 heavy (non-hydrogen) atoms. The summed E-state index contributed by atoms with van der Waals surface area (Å²) in [5.74, 6) is 1.61. The van der Waals surface area contributed by atoms with Crippen LogP contribution in [0, 0.1) is 13.8 Å². The SMILES string of the molecule is Cc1cc(C(=O)N2CCCC(c3ncc(Cc4ccccc4)o3)C2)c2c(C)noc2n1. The number of oxazole rings is 1. The van der Waals surface area contributed by atoms with Crippen molar-refractivity contribution in [2.24, 2.45) is 0 Å². The van der Waals surface area contributed by atoms with Crippen LogP contribution in [0.3, 0.4) is 0 Å². The highest BCUT2D eigenvalue weighted by molar-refractivity contribution is 6.06. The van der Waals surface area contributed by atoms with Gasteiger partial charge in [0, 0.05) is 25.2 Å². The minimum Gasteiger partial charge on any atom is -0.445 e. The van der Waals surface area contributed by atoms with Crippen LogP contribution in [-0.2, 0) is 6.42 Å². The standard InChI is InChI=1S/C24H24N4O3/c1-15-11-20(21-16(2)27-31-23(21)26-15)24(29)28-10-6-9-18(14-28)22-25-13-19(30-22)12-17-7-4-3-5-8-17/h3-5,7-8,11,13,18H,6,9-10,12,14H2,1-2H3. The summed E-state index contributed by atoms with van der Waals surface area (Å²) in [7, 11) is 0. The Morgan fingerprint density at radius 2 is 2.06 bits per heavy atom. The molecule has 1 aromatic carbocycles. The van der Waals surface area contributed by atoms with Crippen molar-refractivity contribution in [1.82, 2.24) is 20.0 Å². The molecule has 1 unspecified atom stereocenters. The number of benzene rings is 1. The molecule has 4 heterocycles. The van der Waals surface area contributed by atoms with E-state index < -0.39 is 0 Å². The van der Waals surface area contributed by atoms with Crippen LogP contribution >= 0.6 is 0 Å². The molecule has 7 nitrogen and oxygen atoms in total. The van der Waals surface area contributed by atoms with Crippen molar-refractivity contribution in [2.75, 3.05) is 13.1 Å². The second kappa shape index (κ2) is 7.98. The Kier molecular flexibility index (Phi) is 5.02. The molecule has 0 saturated carbocycles. The first-order valence-corrected chi connectivity index (χ1v) is 10.6. The number of aromatic nitrogens is 3. The van der Waals surface area contributed by atoms with E-state index >= 15 is 0 Å². The Balaban J connectivity index is 1.35. The quantitative estimate of drug-likeness (QED) is 0.489.